The second-order valence-electron chi connectivity index (χ2n) is 6.58. The molecule has 0 aliphatic heterocycles. The van der Waals surface area contributed by atoms with E-state index in [4.69, 9.17) is 0 Å². The van der Waals surface area contributed by atoms with Crippen molar-refractivity contribution < 1.29 is 4.79 Å². The van der Waals surface area contributed by atoms with Gasteiger partial charge in [0.15, 0.2) is 5.82 Å². The number of aromatic nitrogens is 2. The summed E-state index contributed by atoms with van der Waals surface area (Å²) in [5.74, 6) is 0.607. The first-order chi connectivity index (χ1) is 12.2. The van der Waals surface area contributed by atoms with Crippen molar-refractivity contribution in [3.8, 4) is 11.3 Å². The molecule has 1 aliphatic carbocycles. The Balaban J connectivity index is 1.45. The van der Waals surface area contributed by atoms with Crippen molar-refractivity contribution in [1.29, 1.82) is 0 Å². The molecule has 25 heavy (non-hydrogen) atoms. The number of aryl methyl sites for hydroxylation is 1. The molecule has 4 rings (SSSR count). The fourth-order valence-corrected chi connectivity index (χ4v) is 3.46. The second-order valence-corrected chi connectivity index (χ2v) is 6.58. The van der Waals surface area contributed by atoms with Crippen molar-refractivity contribution in [2.45, 2.75) is 26.2 Å². The quantitative estimate of drug-likeness (QED) is 0.759. The molecule has 1 aliphatic rings. The van der Waals surface area contributed by atoms with Crippen LogP contribution in [0.25, 0.3) is 11.3 Å². The van der Waals surface area contributed by atoms with Crippen molar-refractivity contribution in [2.24, 2.45) is 5.92 Å². The van der Waals surface area contributed by atoms with Crippen LogP contribution in [-0.4, -0.2) is 16.1 Å². The highest BCUT2D eigenvalue weighted by Gasteiger charge is 2.27. The number of nitrogens with zero attached hydrogens (tertiary/aromatic N) is 1. The fourth-order valence-electron chi connectivity index (χ4n) is 3.46. The lowest BCUT2D eigenvalue weighted by atomic mass is 10.1. The van der Waals surface area contributed by atoms with Crippen molar-refractivity contribution in [3.63, 3.8) is 0 Å². The zero-order valence-corrected chi connectivity index (χ0v) is 14.3. The van der Waals surface area contributed by atoms with Crippen LogP contribution in [0.5, 0.6) is 0 Å². The van der Waals surface area contributed by atoms with E-state index >= 15 is 0 Å². The van der Waals surface area contributed by atoms with Crippen LogP contribution in [0.2, 0.25) is 0 Å². The highest BCUT2D eigenvalue weighted by Crippen LogP contribution is 2.28. The first-order valence-electron chi connectivity index (χ1n) is 8.75. The number of hydrogen-bond donors (Lipinski definition) is 2. The first kappa shape index (κ1) is 15.6. The number of aromatic amines is 1. The number of fused-ring (bicyclic) bond motifs is 1. The Morgan fingerprint density at radius 2 is 1.88 bits per heavy atom. The molecule has 0 unspecified atom stereocenters. The summed E-state index contributed by atoms with van der Waals surface area (Å²) >= 11 is 0. The van der Waals surface area contributed by atoms with Gasteiger partial charge in [-0.25, -0.2) is 0 Å². The number of anilines is 1. The van der Waals surface area contributed by atoms with Crippen LogP contribution in [-0.2, 0) is 24.1 Å². The summed E-state index contributed by atoms with van der Waals surface area (Å²) in [6.07, 6.45) is 2.60. The Hall–Kier alpha value is -2.88. The Bertz CT molecular complexity index is 888. The van der Waals surface area contributed by atoms with Crippen molar-refractivity contribution in [3.05, 3.63) is 71.3 Å². The highest BCUT2D eigenvalue weighted by atomic mass is 16.2. The van der Waals surface area contributed by atoms with Gasteiger partial charge in [-0.05, 0) is 47.6 Å². The molecule has 2 aromatic carbocycles. The molecular weight excluding hydrogens is 310 g/mol. The predicted octanol–water partition coefficient (Wildman–Crippen LogP) is 3.99. The van der Waals surface area contributed by atoms with Gasteiger partial charge in [-0.1, -0.05) is 49.4 Å². The third kappa shape index (κ3) is 3.20. The predicted molar refractivity (Wildman–Crippen MR) is 99.4 cm³/mol. The summed E-state index contributed by atoms with van der Waals surface area (Å²) in [5.41, 5.74) is 5.84. The first-order valence-corrected chi connectivity index (χ1v) is 8.75. The van der Waals surface area contributed by atoms with Crippen molar-refractivity contribution in [2.75, 3.05) is 5.32 Å². The topological polar surface area (TPSA) is 57.8 Å². The summed E-state index contributed by atoms with van der Waals surface area (Å²) in [7, 11) is 0. The standard InChI is InChI=1S/C21H21N3O/c1-2-14-6-5-9-17(10-14)19-13-20(24-23-19)22-21(25)18-11-15-7-3-4-8-16(15)12-18/h3-10,13,18H,2,11-12H2,1H3,(H2,22,23,24,25). The molecule has 4 nitrogen and oxygen atoms in total. The molecule has 0 fully saturated rings. The van der Waals surface area contributed by atoms with E-state index in [1.54, 1.807) is 0 Å². The Morgan fingerprint density at radius 3 is 2.60 bits per heavy atom. The van der Waals surface area contributed by atoms with E-state index in [-0.39, 0.29) is 11.8 Å². The third-order valence-corrected chi connectivity index (χ3v) is 4.90. The minimum absolute atomic E-state index is 0.0130. The second kappa shape index (κ2) is 6.55. The van der Waals surface area contributed by atoms with Crippen LogP contribution >= 0.6 is 0 Å². The van der Waals surface area contributed by atoms with E-state index in [2.05, 4.69) is 46.7 Å². The van der Waals surface area contributed by atoms with Crippen LogP contribution in [0.15, 0.2) is 54.6 Å². The Labute approximate surface area is 147 Å². The molecule has 0 bridgehead atoms. The largest absolute Gasteiger partial charge is 0.309 e. The molecule has 1 amide bonds. The lowest BCUT2D eigenvalue weighted by Gasteiger charge is -2.07. The maximum Gasteiger partial charge on any atom is 0.229 e. The summed E-state index contributed by atoms with van der Waals surface area (Å²) < 4.78 is 0. The third-order valence-electron chi connectivity index (χ3n) is 4.90. The minimum Gasteiger partial charge on any atom is -0.309 e. The number of hydrogen-bond acceptors (Lipinski definition) is 2. The normalized spacial score (nSPS) is 13.6. The van der Waals surface area contributed by atoms with Gasteiger partial charge in [0.1, 0.15) is 0 Å². The van der Waals surface area contributed by atoms with Crippen LogP contribution in [0.1, 0.15) is 23.6 Å². The molecule has 0 saturated carbocycles. The van der Waals surface area contributed by atoms with E-state index in [9.17, 15) is 4.79 Å². The molecule has 0 atom stereocenters. The van der Waals surface area contributed by atoms with Crippen LogP contribution < -0.4 is 5.32 Å². The lowest BCUT2D eigenvalue weighted by molar-refractivity contribution is -0.119. The van der Waals surface area contributed by atoms with Gasteiger partial charge < -0.3 is 5.32 Å². The maximum atomic E-state index is 12.6. The zero-order valence-electron chi connectivity index (χ0n) is 14.3. The van der Waals surface area contributed by atoms with Gasteiger partial charge in [0.2, 0.25) is 5.91 Å². The number of nitrogens with one attached hydrogen (secondary N) is 2. The van der Waals surface area contributed by atoms with E-state index in [1.807, 2.05) is 30.3 Å². The molecule has 0 spiro atoms. The summed E-state index contributed by atoms with van der Waals surface area (Å²) in [5, 5.41) is 10.2. The molecule has 4 heteroatoms. The average molecular weight is 331 g/mol. The number of H-pyrrole nitrogens is 1. The average Bonchev–Trinajstić information content (AvgIpc) is 3.28. The fraction of sp³-hybridized carbons (Fsp3) is 0.238. The van der Waals surface area contributed by atoms with Gasteiger partial charge in [-0.2, -0.15) is 5.10 Å². The highest BCUT2D eigenvalue weighted by molar-refractivity contribution is 5.93. The van der Waals surface area contributed by atoms with Gasteiger partial charge in [0.05, 0.1) is 5.69 Å². The van der Waals surface area contributed by atoms with Crippen LogP contribution in [0.3, 0.4) is 0 Å². The zero-order chi connectivity index (χ0) is 17.2. The summed E-state index contributed by atoms with van der Waals surface area (Å²) in [6, 6.07) is 18.5. The molecule has 2 N–H and O–H groups in total. The SMILES string of the molecule is CCc1cccc(-c2cc(NC(=O)C3Cc4ccccc4C3)n[nH]2)c1. The maximum absolute atomic E-state index is 12.6. The lowest BCUT2D eigenvalue weighted by Crippen LogP contribution is -2.23. The van der Waals surface area contributed by atoms with Gasteiger partial charge in [-0.3, -0.25) is 9.89 Å². The van der Waals surface area contributed by atoms with Crippen molar-refractivity contribution >= 4 is 11.7 Å². The molecule has 0 radical (unpaired) electrons. The number of carbonyl (C=O) groups is 1. The van der Waals surface area contributed by atoms with E-state index in [0.717, 1.165) is 30.5 Å². The number of amides is 1. The Morgan fingerprint density at radius 1 is 1.12 bits per heavy atom. The van der Waals surface area contributed by atoms with Gasteiger partial charge in [-0.15, -0.1) is 0 Å². The molecule has 3 aromatic rings. The van der Waals surface area contributed by atoms with E-state index in [0.29, 0.717) is 5.82 Å². The molecule has 1 aromatic heterocycles. The summed E-state index contributed by atoms with van der Waals surface area (Å²) in [6.45, 7) is 2.14. The van der Waals surface area contributed by atoms with Gasteiger partial charge in [0, 0.05) is 12.0 Å². The number of benzene rings is 2. The van der Waals surface area contributed by atoms with Crippen molar-refractivity contribution in [1.82, 2.24) is 10.2 Å². The van der Waals surface area contributed by atoms with E-state index in [1.165, 1.54) is 16.7 Å². The Kier molecular flexibility index (Phi) is 4.10. The van der Waals surface area contributed by atoms with Crippen LogP contribution in [0, 0.1) is 5.92 Å². The molecule has 1 heterocycles. The molecule has 126 valence electrons. The summed E-state index contributed by atoms with van der Waals surface area (Å²) in [4.78, 5) is 12.6. The van der Waals surface area contributed by atoms with Gasteiger partial charge in [0.25, 0.3) is 0 Å². The number of carbonyl (C=O) groups excluding carboxylic acids is 1. The van der Waals surface area contributed by atoms with Gasteiger partial charge >= 0.3 is 0 Å². The van der Waals surface area contributed by atoms with E-state index < -0.39 is 0 Å². The minimum atomic E-state index is -0.0130. The molecule has 0 saturated heterocycles. The number of rotatable bonds is 4. The smallest absolute Gasteiger partial charge is 0.229 e. The van der Waals surface area contributed by atoms with Crippen LogP contribution in [0.4, 0.5) is 5.82 Å². The molecular formula is C21H21N3O. The monoisotopic (exact) mass is 331 g/mol.